The van der Waals surface area contributed by atoms with Gasteiger partial charge in [-0.25, -0.2) is 0 Å². The molecular weight excluding hydrogens is 207 g/mol. The van der Waals surface area contributed by atoms with Crippen molar-refractivity contribution in [3.63, 3.8) is 0 Å². The molecule has 2 nitrogen and oxygen atoms in total. The van der Waals surface area contributed by atoms with Crippen molar-refractivity contribution in [3.8, 4) is 0 Å². The van der Waals surface area contributed by atoms with Crippen molar-refractivity contribution in [2.45, 2.75) is 26.9 Å². The van der Waals surface area contributed by atoms with Crippen LogP contribution < -0.4 is 0 Å². The number of rotatable bonds is 2. The molecule has 0 spiro atoms. The van der Waals surface area contributed by atoms with Crippen LogP contribution in [-0.2, 0) is 4.79 Å². The van der Waals surface area contributed by atoms with Crippen molar-refractivity contribution in [3.05, 3.63) is 0 Å². The van der Waals surface area contributed by atoms with Crippen LogP contribution in [0.15, 0.2) is 0 Å². The first-order valence-electron chi connectivity index (χ1n) is 4.93. The monoisotopic (exact) mass is 223 g/mol. The van der Waals surface area contributed by atoms with Gasteiger partial charge in [0.25, 0.3) is 0 Å². The fourth-order valence-electron chi connectivity index (χ4n) is 1.73. The minimum Gasteiger partial charge on any atom is -0.299 e. The lowest BCUT2D eigenvalue weighted by Crippen LogP contribution is -2.55. The van der Waals surface area contributed by atoms with Gasteiger partial charge in [0, 0.05) is 24.4 Å². The molecule has 1 aliphatic rings. The quantitative estimate of drug-likeness (QED) is 0.714. The molecule has 1 heterocycles. The first-order chi connectivity index (χ1) is 6.59. The van der Waals surface area contributed by atoms with Crippen molar-refractivity contribution < 1.29 is 18.0 Å². The van der Waals surface area contributed by atoms with Gasteiger partial charge in [-0.3, -0.25) is 9.69 Å². The summed E-state index contributed by atoms with van der Waals surface area (Å²) in [7, 11) is 0. The van der Waals surface area contributed by atoms with E-state index in [9.17, 15) is 18.0 Å². The molecule has 5 heteroatoms. The fraction of sp³-hybridized carbons (Fsp3) is 0.900. The average molecular weight is 223 g/mol. The second-order valence-electron chi connectivity index (χ2n) is 5.12. The number of hydrogen-bond donors (Lipinski definition) is 0. The summed E-state index contributed by atoms with van der Waals surface area (Å²) in [4.78, 5) is 12.9. The van der Waals surface area contributed by atoms with Crippen LogP contribution in [0.1, 0.15) is 20.8 Å². The van der Waals surface area contributed by atoms with Crippen LogP contribution in [-0.4, -0.2) is 36.5 Å². The first-order valence-corrected chi connectivity index (χ1v) is 4.93. The Bertz CT molecular complexity index is 248. The van der Waals surface area contributed by atoms with Crippen LogP contribution in [0.3, 0.4) is 0 Å². The Labute approximate surface area is 87.4 Å². The van der Waals surface area contributed by atoms with Gasteiger partial charge in [0.05, 0.1) is 6.54 Å². The molecule has 1 saturated heterocycles. The average Bonchev–Trinajstić information content (AvgIpc) is 1.90. The van der Waals surface area contributed by atoms with E-state index in [0.717, 1.165) is 0 Å². The maximum atomic E-state index is 12.0. The lowest BCUT2D eigenvalue weighted by atomic mass is 9.79. The molecule has 0 bridgehead atoms. The van der Waals surface area contributed by atoms with Crippen LogP contribution in [0.2, 0.25) is 0 Å². The van der Waals surface area contributed by atoms with Crippen molar-refractivity contribution in [2.24, 2.45) is 11.3 Å². The Kier molecular flexibility index (Phi) is 3.14. The van der Waals surface area contributed by atoms with Crippen LogP contribution in [0, 0.1) is 11.3 Å². The molecule has 0 unspecified atom stereocenters. The number of carbonyl (C=O) groups excluding carboxylic acids is 1. The number of alkyl halides is 3. The maximum absolute atomic E-state index is 12.0. The SMILES string of the molecule is CC(C)(C)C(=O)C1CN(CC(F)(F)F)C1. The predicted octanol–water partition coefficient (Wildman–Crippen LogP) is 2.10. The summed E-state index contributed by atoms with van der Waals surface area (Å²) in [6.45, 7) is 4.97. The van der Waals surface area contributed by atoms with Gasteiger partial charge in [0.15, 0.2) is 0 Å². The molecule has 0 aliphatic carbocycles. The van der Waals surface area contributed by atoms with Gasteiger partial charge in [-0.15, -0.1) is 0 Å². The number of carbonyl (C=O) groups is 1. The lowest BCUT2D eigenvalue weighted by Gasteiger charge is -2.41. The maximum Gasteiger partial charge on any atom is 0.401 e. The van der Waals surface area contributed by atoms with Crippen LogP contribution in [0.25, 0.3) is 0 Å². The number of halogens is 3. The van der Waals surface area contributed by atoms with E-state index in [2.05, 4.69) is 0 Å². The number of nitrogens with zero attached hydrogens (tertiary/aromatic N) is 1. The van der Waals surface area contributed by atoms with Crippen LogP contribution >= 0.6 is 0 Å². The highest BCUT2D eigenvalue weighted by atomic mass is 19.4. The minimum atomic E-state index is -4.16. The minimum absolute atomic E-state index is 0.0564. The Morgan fingerprint density at radius 2 is 1.73 bits per heavy atom. The zero-order valence-electron chi connectivity index (χ0n) is 9.19. The van der Waals surface area contributed by atoms with E-state index in [0.29, 0.717) is 0 Å². The predicted molar refractivity (Wildman–Crippen MR) is 50.4 cm³/mol. The van der Waals surface area contributed by atoms with E-state index < -0.39 is 18.1 Å². The van der Waals surface area contributed by atoms with Crippen LogP contribution in [0.5, 0.6) is 0 Å². The molecule has 0 atom stereocenters. The van der Waals surface area contributed by atoms with Gasteiger partial charge in [-0.05, 0) is 0 Å². The van der Waals surface area contributed by atoms with E-state index >= 15 is 0 Å². The third kappa shape index (κ3) is 3.48. The lowest BCUT2D eigenvalue weighted by molar-refractivity contribution is -0.164. The topological polar surface area (TPSA) is 20.3 Å². The van der Waals surface area contributed by atoms with Crippen LogP contribution in [0.4, 0.5) is 13.2 Å². The van der Waals surface area contributed by atoms with Gasteiger partial charge >= 0.3 is 6.18 Å². The third-order valence-corrected chi connectivity index (χ3v) is 2.47. The molecule has 0 aromatic carbocycles. The highest BCUT2D eigenvalue weighted by molar-refractivity contribution is 5.87. The summed E-state index contributed by atoms with van der Waals surface area (Å²) in [6, 6.07) is 0. The van der Waals surface area contributed by atoms with Crippen molar-refractivity contribution >= 4 is 5.78 Å². The summed E-state index contributed by atoms with van der Waals surface area (Å²) < 4.78 is 35.9. The molecule has 1 aliphatic heterocycles. The Hall–Kier alpha value is -0.580. The van der Waals surface area contributed by atoms with Gasteiger partial charge in [0.1, 0.15) is 5.78 Å². The van der Waals surface area contributed by atoms with E-state index in [4.69, 9.17) is 0 Å². The largest absolute Gasteiger partial charge is 0.401 e. The molecule has 1 fully saturated rings. The molecule has 0 N–H and O–H groups in total. The number of hydrogen-bond acceptors (Lipinski definition) is 2. The second-order valence-corrected chi connectivity index (χ2v) is 5.12. The summed E-state index contributed by atoms with van der Waals surface area (Å²) in [5.74, 6) is -0.159. The summed E-state index contributed by atoms with van der Waals surface area (Å²) in [5, 5.41) is 0. The molecule has 0 radical (unpaired) electrons. The molecule has 0 saturated carbocycles. The van der Waals surface area contributed by atoms with Crippen molar-refractivity contribution in [1.29, 1.82) is 0 Å². The molecular formula is C10H16F3NO. The number of likely N-dealkylation sites (tertiary alicyclic amines) is 1. The fourth-order valence-corrected chi connectivity index (χ4v) is 1.73. The third-order valence-electron chi connectivity index (χ3n) is 2.47. The Balaban J connectivity index is 2.35. The van der Waals surface area contributed by atoms with E-state index in [-0.39, 0.29) is 24.8 Å². The molecule has 15 heavy (non-hydrogen) atoms. The van der Waals surface area contributed by atoms with E-state index in [1.807, 2.05) is 0 Å². The smallest absolute Gasteiger partial charge is 0.299 e. The molecule has 1 rings (SSSR count). The molecule has 0 aromatic rings. The van der Waals surface area contributed by atoms with E-state index in [1.165, 1.54) is 4.90 Å². The Morgan fingerprint density at radius 3 is 2.07 bits per heavy atom. The van der Waals surface area contributed by atoms with Gasteiger partial charge in [-0.2, -0.15) is 13.2 Å². The highest BCUT2D eigenvalue weighted by Crippen LogP contribution is 2.29. The molecule has 0 aromatic heterocycles. The second kappa shape index (κ2) is 3.77. The van der Waals surface area contributed by atoms with E-state index in [1.54, 1.807) is 20.8 Å². The van der Waals surface area contributed by atoms with Gasteiger partial charge in [0.2, 0.25) is 0 Å². The van der Waals surface area contributed by atoms with Crippen molar-refractivity contribution in [2.75, 3.05) is 19.6 Å². The number of Topliss-reactive ketones (excluding diaryl/α,β-unsaturated/α-hetero) is 1. The van der Waals surface area contributed by atoms with Gasteiger partial charge < -0.3 is 0 Å². The number of ketones is 1. The summed E-state index contributed by atoms with van der Waals surface area (Å²) in [5.41, 5.74) is -0.449. The van der Waals surface area contributed by atoms with Crippen molar-refractivity contribution in [1.82, 2.24) is 4.90 Å². The normalized spacial score (nSPS) is 20.1. The molecule has 0 amide bonds. The zero-order valence-corrected chi connectivity index (χ0v) is 9.19. The van der Waals surface area contributed by atoms with Gasteiger partial charge in [-0.1, -0.05) is 20.8 Å². The highest BCUT2D eigenvalue weighted by Gasteiger charge is 2.42. The summed E-state index contributed by atoms with van der Waals surface area (Å²) >= 11 is 0. The molecule has 88 valence electrons. The standard InChI is InChI=1S/C10H16F3NO/c1-9(2,3)8(15)7-4-14(5-7)6-10(11,12)13/h7H,4-6H2,1-3H3. The first kappa shape index (κ1) is 12.5. The summed E-state index contributed by atoms with van der Waals surface area (Å²) in [6.07, 6.45) is -4.16. The zero-order chi connectivity index (χ0) is 11.9. The Morgan fingerprint density at radius 1 is 1.27 bits per heavy atom.